The smallest absolute Gasteiger partial charge is 0.213 e. The maximum Gasteiger partial charge on any atom is 0.213 e. The van der Waals surface area contributed by atoms with E-state index in [1.165, 1.54) is 30.2 Å². The lowest BCUT2D eigenvalue weighted by molar-refractivity contribution is 0.332. The molecule has 0 bridgehead atoms. The van der Waals surface area contributed by atoms with Crippen LogP contribution in [0.25, 0.3) is 11.1 Å². The third-order valence-electron chi connectivity index (χ3n) is 5.72. The van der Waals surface area contributed by atoms with Crippen molar-refractivity contribution in [1.29, 1.82) is 0 Å². The molecule has 0 amide bonds. The normalized spacial score (nSPS) is 19.1. The summed E-state index contributed by atoms with van der Waals surface area (Å²) in [5, 5.41) is 0. The molecule has 1 aromatic carbocycles. The number of halogens is 1. The molecular weight excluding hydrogens is 325 g/mol. The van der Waals surface area contributed by atoms with Gasteiger partial charge < -0.3 is 4.74 Å². The molecule has 140 valence electrons. The second kappa shape index (κ2) is 7.38. The zero-order valence-corrected chi connectivity index (χ0v) is 16.6. The lowest BCUT2D eigenvalue weighted by atomic mass is 9.75. The highest BCUT2D eigenvalue weighted by Crippen LogP contribution is 2.51. The minimum absolute atomic E-state index is 0.235. The molecule has 1 fully saturated rings. The first-order chi connectivity index (χ1) is 12.3. The van der Waals surface area contributed by atoms with Gasteiger partial charge in [-0.2, -0.15) is 0 Å². The van der Waals surface area contributed by atoms with Crippen LogP contribution < -0.4 is 4.74 Å². The topological polar surface area (TPSA) is 22.1 Å². The van der Waals surface area contributed by atoms with E-state index in [0.717, 1.165) is 18.4 Å². The SMILES string of the molecule is COc1cc(-c2ccc(CC(C)C)cc2[C@@H]2CCCC2(C)C)c(F)cn1. The van der Waals surface area contributed by atoms with E-state index in [4.69, 9.17) is 4.74 Å². The van der Waals surface area contributed by atoms with Crippen molar-refractivity contribution in [3.63, 3.8) is 0 Å². The van der Waals surface area contributed by atoms with Crippen LogP contribution in [0.4, 0.5) is 4.39 Å². The van der Waals surface area contributed by atoms with Crippen molar-refractivity contribution >= 4 is 0 Å². The molecule has 3 heteroatoms. The summed E-state index contributed by atoms with van der Waals surface area (Å²) in [6, 6.07) is 8.28. The zero-order valence-electron chi connectivity index (χ0n) is 16.6. The average Bonchev–Trinajstić information content (AvgIpc) is 2.94. The monoisotopic (exact) mass is 355 g/mol. The standard InChI is InChI=1S/C23H30FNO/c1-15(2)11-16-8-9-17(19-13-22(26-5)25-14-21(19)24)18(12-16)20-7-6-10-23(20,3)4/h8-9,12-15,20H,6-7,10-11H2,1-5H3/t20-/m0/s1. The molecule has 1 heterocycles. The maximum atomic E-state index is 14.6. The van der Waals surface area contributed by atoms with Crippen molar-refractivity contribution in [2.24, 2.45) is 11.3 Å². The summed E-state index contributed by atoms with van der Waals surface area (Å²) in [6.07, 6.45) is 5.92. The Morgan fingerprint density at radius 2 is 2.00 bits per heavy atom. The quantitative estimate of drug-likeness (QED) is 0.620. The van der Waals surface area contributed by atoms with Crippen LogP contribution in [-0.4, -0.2) is 12.1 Å². The number of nitrogens with zero attached hydrogens (tertiary/aromatic N) is 1. The Morgan fingerprint density at radius 1 is 1.23 bits per heavy atom. The Morgan fingerprint density at radius 3 is 2.62 bits per heavy atom. The molecule has 26 heavy (non-hydrogen) atoms. The van der Waals surface area contributed by atoms with Crippen LogP contribution in [0.5, 0.6) is 5.88 Å². The highest BCUT2D eigenvalue weighted by molar-refractivity contribution is 5.70. The van der Waals surface area contributed by atoms with Gasteiger partial charge in [-0.3, -0.25) is 0 Å². The van der Waals surface area contributed by atoms with Crippen LogP contribution in [0.2, 0.25) is 0 Å². The zero-order chi connectivity index (χ0) is 18.9. The van der Waals surface area contributed by atoms with E-state index in [0.29, 0.717) is 23.3 Å². The maximum absolute atomic E-state index is 14.6. The van der Waals surface area contributed by atoms with E-state index < -0.39 is 0 Å². The fourth-order valence-corrected chi connectivity index (χ4v) is 4.38. The van der Waals surface area contributed by atoms with Crippen LogP contribution in [-0.2, 0) is 6.42 Å². The number of methoxy groups -OCH3 is 1. The molecule has 1 atom stereocenters. The predicted octanol–water partition coefficient (Wildman–Crippen LogP) is 6.39. The van der Waals surface area contributed by atoms with Gasteiger partial charge in [-0.1, -0.05) is 52.3 Å². The van der Waals surface area contributed by atoms with Crippen LogP contribution in [0.3, 0.4) is 0 Å². The van der Waals surface area contributed by atoms with E-state index in [2.05, 4.69) is 50.9 Å². The number of pyridine rings is 1. The second-order valence-electron chi connectivity index (χ2n) is 8.66. The third-order valence-corrected chi connectivity index (χ3v) is 5.72. The molecule has 0 saturated heterocycles. The minimum Gasteiger partial charge on any atom is -0.481 e. The Bertz CT molecular complexity index is 782. The minimum atomic E-state index is -0.292. The van der Waals surface area contributed by atoms with Crippen LogP contribution >= 0.6 is 0 Å². The van der Waals surface area contributed by atoms with Gasteiger partial charge >= 0.3 is 0 Å². The highest BCUT2D eigenvalue weighted by Gasteiger charge is 2.37. The Labute approximate surface area is 156 Å². The van der Waals surface area contributed by atoms with Gasteiger partial charge in [-0.25, -0.2) is 9.37 Å². The lowest BCUT2D eigenvalue weighted by Crippen LogP contribution is -2.17. The van der Waals surface area contributed by atoms with Crippen molar-refractivity contribution in [2.45, 2.75) is 59.3 Å². The summed E-state index contributed by atoms with van der Waals surface area (Å²) >= 11 is 0. The van der Waals surface area contributed by atoms with Gasteiger partial charge in [0.25, 0.3) is 0 Å². The number of hydrogen-bond donors (Lipinski definition) is 0. The average molecular weight is 355 g/mol. The summed E-state index contributed by atoms with van der Waals surface area (Å²) in [6.45, 7) is 9.15. The number of hydrogen-bond acceptors (Lipinski definition) is 2. The van der Waals surface area contributed by atoms with E-state index in [1.807, 2.05) is 0 Å². The van der Waals surface area contributed by atoms with Crippen molar-refractivity contribution in [2.75, 3.05) is 7.11 Å². The van der Waals surface area contributed by atoms with Crippen LogP contribution in [0, 0.1) is 17.2 Å². The molecule has 1 aliphatic carbocycles. The fourth-order valence-electron chi connectivity index (χ4n) is 4.38. The summed E-state index contributed by atoms with van der Waals surface area (Å²) in [7, 11) is 1.57. The van der Waals surface area contributed by atoms with Gasteiger partial charge in [0.1, 0.15) is 5.82 Å². The van der Waals surface area contributed by atoms with E-state index in [-0.39, 0.29) is 11.2 Å². The first-order valence-corrected chi connectivity index (χ1v) is 9.64. The molecule has 3 rings (SSSR count). The molecule has 0 unspecified atom stereocenters. The van der Waals surface area contributed by atoms with Gasteiger partial charge in [-0.05, 0) is 53.2 Å². The lowest BCUT2D eigenvalue weighted by Gasteiger charge is -2.30. The second-order valence-corrected chi connectivity index (χ2v) is 8.66. The number of rotatable bonds is 5. The summed E-state index contributed by atoms with van der Waals surface area (Å²) in [4.78, 5) is 4.00. The Balaban J connectivity index is 2.15. The molecular formula is C23H30FNO. The van der Waals surface area contributed by atoms with E-state index in [9.17, 15) is 4.39 Å². The molecule has 0 N–H and O–H groups in total. The first kappa shape index (κ1) is 18.9. The Kier molecular flexibility index (Phi) is 5.36. The third kappa shape index (κ3) is 3.77. The number of aromatic nitrogens is 1. The predicted molar refractivity (Wildman–Crippen MR) is 105 cm³/mol. The largest absolute Gasteiger partial charge is 0.481 e. The number of benzene rings is 1. The van der Waals surface area contributed by atoms with Gasteiger partial charge in [0.05, 0.1) is 13.3 Å². The Hall–Kier alpha value is -1.90. The van der Waals surface area contributed by atoms with Gasteiger partial charge in [0, 0.05) is 11.6 Å². The van der Waals surface area contributed by atoms with Gasteiger partial charge in [-0.15, -0.1) is 0 Å². The van der Waals surface area contributed by atoms with Crippen molar-refractivity contribution in [3.8, 4) is 17.0 Å². The van der Waals surface area contributed by atoms with Gasteiger partial charge in [0.2, 0.25) is 5.88 Å². The molecule has 0 aliphatic heterocycles. The fraction of sp³-hybridized carbons (Fsp3) is 0.522. The highest BCUT2D eigenvalue weighted by atomic mass is 19.1. The van der Waals surface area contributed by atoms with Gasteiger partial charge in [0.15, 0.2) is 0 Å². The summed E-state index contributed by atoms with van der Waals surface area (Å²) in [5.74, 6) is 1.20. The molecule has 1 aromatic heterocycles. The summed E-state index contributed by atoms with van der Waals surface area (Å²) in [5.41, 5.74) is 4.42. The number of ether oxygens (including phenoxy) is 1. The van der Waals surface area contributed by atoms with Crippen molar-refractivity contribution < 1.29 is 9.13 Å². The molecule has 2 nitrogen and oxygen atoms in total. The first-order valence-electron chi connectivity index (χ1n) is 9.64. The molecule has 0 radical (unpaired) electrons. The van der Waals surface area contributed by atoms with Crippen molar-refractivity contribution in [1.82, 2.24) is 4.98 Å². The van der Waals surface area contributed by atoms with Crippen molar-refractivity contribution in [3.05, 3.63) is 47.4 Å². The van der Waals surface area contributed by atoms with Crippen LogP contribution in [0.1, 0.15) is 64.0 Å². The van der Waals surface area contributed by atoms with E-state index in [1.54, 1.807) is 13.2 Å². The van der Waals surface area contributed by atoms with E-state index >= 15 is 0 Å². The molecule has 0 spiro atoms. The van der Waals surface area contributed by atoms with Crippen LogP contribution in [0.15, 0.2) is 30.5 Å². The molecule has 2 aromatic rings. The summed E-state index contributed by atoms with van der Waals surface area (Å²) < 4.78 is 19.9. The molecule has 1 saturated carbocycles. The molecule has 1 aliphatic rings.